The van der Waals surface area contributed by atoms with E-state index in [1.807, 2.05) is 45.0 Å². The van der Waals surface area contributed by atoms with Crippen LogP contribution >= 0.6 is 11.3 Å². The minimum atomic E-state index is -3.57. The van der Waals surface area contributed by atoms with Crippen molar-refractivity contribution in [3.8, 4) is 5.75 Å². The first-order valence-corrected chi connectivity index (χ1v) is 12.6. The van der Waals surface area contributed by atoms with E-state index >= 15 is 0 Å². The number of nitrogens with zero attached hydrogens (tertiary/aromatic N) is 1. The first-order valence-electron chi connectivity index (χ1n) is 10.2. The van der Waals surface area contributed by atoms with Crippen LogP contribution in [0, 0.1) is 0 Å². The molecule has 1 aromatic carbocycles. The number of unbranched alkanes of at least 4 members (excludes halogenated alkanes) is 2. The van der Waals surface area contributed by atoms with Gasteiger partial charge < -0.3 is 14.8 Å². The van der Waals surface area contributed by atoms with Crippen molar-refractivity contribution in [2.24, 2.45) is 0 Å². The van der Waals surface area contributed by atoms with Crippen molar-refractivity contribution in [3.63, 3.8) is 0 Å². The summed E-state index contributed by atoms with van der Waals surface area (Å²) in [5.74, 6) is 0.729. The molecule has 0 unspecified atom stereocenters. The van der Waals surface area contributed by atoms with Gasteiger partial charge in [-0.25, -0.2) is 13.2 Å². The number of sulfonamides is 1. The monoisotopic (exact) mass is 468 g/mol. The van der Waals surface area contributed by atoms with E-state index in [4.69, 9.17) is 9.47 Å². The summed E-state index contributed by atoms with van der Waals surface area (Å²) in [7, 11) is -1.98. The highest BCUT2D eigenvalue weighted by molar-refractivity contribution is 7.91. The van der Waals surface area contributed by atoms with Crippen molar-refractivity contribution in [1.82, 2.24) is 9.62 Å². The lowest BCUT2D eigenvalue weighted by Crippen LogP contribution is -2.41. The predicted molar refractivity (Wildman–Crippen MR) is 123 cm³/mol. The third kappa shape index (κ3) is 8.51. The van der Waals surface area contributed by atoms with Crippen molar-refractivity contribution >= 4 is 27.5 Å². The van der Waals surface area contributed by atoms with Gasteiger partial charge in [-0.15, -0.1) is 11.3 Å². The van der Waals surface area contributed by atoms with E-state index in [0.717, 1.165) is 17.7 Å². The molecule has 2 rings (SSSR count). The maximum absolute atomic E-state index is 13.1. The second kappa shape index (κ2) is 11.5. The molecule has 1 heterocycles. The molecular weight excluding hydrogens is 436 g/mol. The SMILES string of the molecule is COc1ccc(CN(CCCCCOC(=O)NC(C)(C)C)S(=O)(=O)c2cccs2)cc1. The third-order valence-electron chi connectivity index (χ3n) is 4.37. The van der Waals surface area contributed by atoms with Crippen molar-refractivity contribution < 1.29 is 22.7 Å². The van der Waals surface area contributed by atoms with Crippen LogP contribution in [0.4, 0.5) is 4.79 Å². The Hall–Kier alpha value is -2.10. The Kier molecular flexibility index (Phi) is 9.33. The molecule has 1 aromatic heterocycles. The van der Waals surface area contributed by atoms with E-state index in [2.05, 4.69) is 5.32 Å². The van der Waals surface area contributed by atoms with E-state index in [0.29, 0.717) is 30.2 Å². The molecule has 0 bridgehead atoms. The lowest BCUT2D eigenvalue weighted by atomic mass is 10.1. The zero-order valence-corrected chi connectivity index (χ0v) is 20.2. The number of carbonyl (C=O) groups is 1. The number of thiophene rings is 1. The van der Waals surface area contributed by atoms with Gasteiger partial charge in [0, 0.05) is 18.6 Å². The number of methoxy groups -OCH3 is 1. The van der Waals surface area contributed by atoms with Gasteiger partial charge in [0.15, 0.2) is 0 Å². The van der Waals surface area contributed by atoms with Crippen LogP contribution in [0.25, 0.3) is 0 Å². The molecule has 172 valence electrons. The molecule has 0 saturated carbocycles. The Bertz CT molecular complexity index is 904. The summed E-state index contributed by atoms with van der Waals surface area (Å²) in [6.45, 7) is 6.65. The second-order valence-corrected chi connectivity index (χ2v) is 11.3. The van der Waals surface area contributed by atoms with Gasteiger partial charge in [-0.1, -0.05) is 18.2 Å². The summed E-state index contributed by atoms with van der Waals surface area (Å²) >= 11 is 1.22. The summed E-state index contributed by atoms with van der Waals surface area (Å²) < 4.78 is 38.4. The molecule has 31 heavy (non-hydrogen) atoms. The number of hydrogen-bond acceptors (Lipinski definition) is 6. The summed E-state index contributed by atoms with van der Waals surface area (Å²) in [6, 6.07) is 10.8. The van der Waals surface area contributed by atoms with Gasteiger partial charge in [0.25, 0.3) is 10.0 Å². The molecule has 0 aliphatic rings. The quantitative estimate of drug-likeness (QED) is 0.486. The zero-order valence-electron chi connectivity index (χ0n) is 18.6. The maximum Gasteiger partial charge on any atom is 0.407 e. The minimum Gasteiger partial charge on any atom is -0.497 e. The van der Waals surface area contributed by atoms with Crippen LogP contribution in [0.15, 0.2) is 46.0 Å². The van der Waals surface area contributed by atoms with E-state index in [1.54, 1.807) is 24.6 Å². The molecule has 1 amide bonds. The van der Waals surface area contributed by atoms with Crippen molar-refractivity contribution in [2.75, 3.05) is 20.3 Å². The van der Waals surface area contributed by atoms with Crippen LogP contribution < -0.4 is 10.1 Å². The number of amides is 1. The molecule has 0 saturated heterocycles. The van der Waals surface area contributed by atoms with Crippen LogP contribution in [0.3, 0.4) is 0 Å². The van der Waals surface area contributed by atoms with Crippen LogP contribution in [0.2, 0.25) is 0 Å². The number of carbonyl (C=O) groups excluding carboxylic acids is 1. The number of benzene rings is 1. The van der Waals surface area contributed by atoms with Gasteiger partial charge in [0.2, 0.25) is 0 Å². The van der Waals surface area contributed by atoms with E-state index < -0.39 is 16.1 Å². The molecule has 0 aliphatic carbocycles. The molecule has 2 aromatic rings. The average Bonchev–Trinajstić information content (AvgIpc) is 3.24. The summed E-state index contributed by atoms with van der Waals surface area (Å²) in [5, 5.41) is 4.51. The Morgan fingerprint density at radius 1 is 1.10 bits per heavy atom. The summed E-state index contributed by atoms with van der Waals surface area (Å²) in [5.41, 5.74) is 0.554. The van der Waals surface area contributed by atoms with Gasteiger partial charge in [-0.2, -0.15) is 4.31 Å². The molecule has 0 atom stereocenters. The standard InChI is InChI=1S/C22H32N2O5S2/c1-22(2,3)23-21(25)29-15-7-5-6-14-24(31(26,27)20-9-8-16-30-20)17-18-10-12-19(28-4)13-11-18/h8-13,16H,5-7,14-15,17H2,1-4H3,(H,23,25). The lowest BCUT2D eigenvalue weighted by molar-refractivity contribution is 0.135. The van der Waals surface area contributed by atoms with Crippen molar-refractivity contribution in [1.29, 1.82) is 0 Å². The van der Waals surface area contributed by atoms with Gasteiger partial charge in [-0.05, 0) is 69.2 Å². The Morgan fingerprint density at radius 2 is 1.81 bits per heavy atom. The largest absolute Gasteiger partial charge is 0.497 e. The highest BCUT2D eigenvalue weighted by Crippen LogP contribution is 2.24. The topological polar surface area (TPSA) is 84.9 Å². The summed E-state index contributed by atoms with van der Waals surface area (Å²) in [6.07, 6.45) is 1.66. The van der Waals surface area contributed by atoms with Crippen LogP contribution in [0.5, 0.6) is 5.75 Å². The zero-order chi connectivity index (χ0) is 22.9. The second-order valence-electron chi connectivity index (χ2n) is 8.19. The molecule has 9 heteroatoms. The Morgan fingerprint density at radius 3 is 2.39 bits per heavy atom. The molecular formula is C22H32N2O5S2. The first-order chi connectivity index (χ1) is 14.6. The van der Waals surface area contributed by atoms with Gasteiger partial charge in [0.1, 0.15) is 9.96 Å². The molecule has 0 radical (unpaired) electrons. The fourth-order valence-electron chi connectivity index (χ4n) is 2.83. The highest BCUT2D eigenvalue weighted by atomic mass is 32.2. The number of nitrogens with one attached hydrogen (secondary N) is 1. The fourth-order valence-corrected chi connectivity index (χ4v) is 5.44. The van der Waals surface area contributed by atoms with Crippen LogP contribution in [0.1, 0.15) is 45.6 Å². The molecule has 0 fully saturated rings. The van der Waals surface area contributed by atoms with Crippen molar-refractivity contribution in [3.05, 3.63) is 47.3 Å². The van der Waals surface area contributed by atoms with Crippen molar-refractivity contribution in [2.45, 2.75) is 56.3 Å². The highest BCUT2D eigenvalue weighted by Gasteiger charge is 2.25. The molecule has 1 N–H and O–H groups in total. The molecule has 0 aliphatic heterocycles. The van der Waals surface area contributed by atoms with Crippen LogP contribution in [-0.4, -0.2) is 44.6 Å². The van der Waals surface area contributed by atoms with Gasteiger partial charge in [-0.3, -0.25) is 0 Å². The predicted octanol–water partition coefficient (Wildman–Crippen LogP) is 4.64. The number of alkyl carbamates (subject to hydrolysis) is 1. The lowest BCUT2D eigenvalue weighted by Gasteiger charge is -2.22. The third-order valence-corrected chi connectivity index (χ3v) is 7.59. The fraction of sp³-hybridized carbons (Fsp3) is 0.500. The normalized spacial score (nSPS) is 12.0. The van der Waals surface area contributed by atoms with E-state index in [-0.39, 0.29) is 12.1 Å². The first kappa shape index (κ1) is 25.2. The molecule has 0 spiro atoms. The van der Waals surface area contributed by atoms with Gasteiger partial charge in [0.05, 0.1) is 13.7 Å². The Labute approximate surface area is 189 Å². The van der Waals surface area contributed by atoms with E-state index in [9.17, 15) is 13.2 Å². The average molecular weight is 469 g/mol. The van der Waals surface area contributed by atoms with Gasteiger partial charge >= 0.3 is 6.09 Å². The maximum atomic E-state index is 13.1. The Balaban J connectivity index is 1.91. The molecule has 7 nitrogen and oxygen atoms in total. The number of hydrogen-bond donors (Lipinski definition) is 1. The number of rotatable bonds is 11. The summed E-state index contributed by atoms with van der Waals surface area (Å²) in [4.78, 5) is 11.7. The number of ether oxygens (including phenoxy) is 2. The van der Waals surface area contributed by atoms with E-state index in [1.165, 1.54) is 15.6 Å². The van der Waals surface area contributed by atoms with Crippen LogP contribution in [-0.2, 0) is 21.3 Å². The minimum absolute atomic E-state index is 0.286. The smallest absolute Gasteiger partial charge is 0.407 e.